The molecular formula is C12H21N5O. The van der Waals surface area contributed by atoms with Crippen molar-refractivity contribution in [3.05, 3.63) is 18.1 Å². The lowest BCUT2D eigenvalue weighted by atomic mass is 9.81. The van der Waals surface area contributed by atoms with Crippen LogP contribution in [-0.4, -0.2) is 22.4 Å². The highest BCUT2D eigenvalue weighted by Crippen LogP contribution is 2.24. The fraction of sp³-hybridized carbons (Fsp3) is 0.583. The van der Waals surface area contributed by atoms with Gasteiger partial charge in [0.2, 0.25) is 0 Å². The van der Waals surface area contributed by atoms with Crippen LogP contribution in [0.1, 0.15) is 38.2 Å². The van der Waals surface area contributed by atoms with Gasteiger partial charge in [0.15, 0.2) is 5.82 Å². The fourth-order valence-electron chi connectivity index (χ4n) is 1.15. The number of hydrogen-bond acceptors (Lipinski definition) is 5. The zero-order valence-electron chi connectivity index (χ0n) is 11.3. The fourth-order valence-corrected chi connectivity index (χ4v) is 1.15. The minimum Gasteiger partial charge on any atom is -0.350 e. The summed E-state index contributed by atoms with van der Waals surface area (Å²) in [4.78, 5) is 19.8. The molecule has 0 fully saturated rings. The Morgan fingerprint density at radius 3 is 2.67 bits per heavy atom. The second-order valence-electron chi connectivity index (χ2n) is 5.26. The molecule has 0 aliphatic rings. The molecule has 1 rings (SSSR count). The van der Waals surface area contributed by atoms with Crippen molar-refractivity contribution >= 4 is 11.7 Å². The largest absolute Gasteiger partial charge is 0.350 e. The van der Waals surface area contributed by atoms with Crippen molar-refractivity contribution in [1.82, 2.24) is 15.3 Å². The highest BCUT2D eigenvalue weighted by molar-refractivity contribution is 5.92. The Kier molecular flexibility index (Phi) is 4.61. The number of nitrogens with zero attached hydrogens (tertiary/aromatic N) is 2. The van der Waals surface area contributed by atoms with E-state index in [0.717, 1.165) is 0 Å². The molecule has 0 saturated heterocycles. The summed E-state index contributed by atoms with van der Waals surface area (Å²) >= 11 is 0. The van der Waals surface area contributed by atoms with E-state index in [0.29, 0.717) is 18.3 Å². The Morgan fingerprint density at radius 2 is 2.11 bits per heavy atom. The van der Waals surface area contributed by atoms with Gasteiger partial charge in [-0.05, 0) is 11.3 Å². The molecule has 1 aromatic rings. The molecule has 0 spiro atoms. The number of carbonyl (C=O) groups is 1. The molecule has 1 amide bonds. The molecule has 6 nitrogen and oxygen atoms in total. The van der Waals surface area contributed by atoms with E-state index in [4.69, 9.17) is 5.84 Å². The van der Waals surface area contributed by atoms with Gasteiger partial charge in [0.1, 0.15) is 5.69 Å². The van der Waals surface area contributed by atoms with Gasteiger partial charge in [0.25, 0.3) is 5.91 Å². The smallest absolute Gasteiger partial charge is 0.271 e. The Bertz CT molecular complexity index is 417. The molecule has 0 aliphatic heterocycles. The van der Waals surface area contributed by atoms with Gasteiger partial charge in [0, 0.05) is 6.54 Å². The quantitative estimate of drug-likeness (QED) is 0.539. The maximum atomic E-state index is 11.9. The number of hydrazine groups is 1. The first kappa shape index (κ1) is 14.4. The molecule has 0 unspecified atom stereocenters. The van der Waals surface area contributed by atoms with Crippen molar-refractivity contribution in [1.29, 1.82) is 0 Å². The van der Waals surface area contributed by atoms with E-state index in [2.05, 4.69) is 48.4 Å². The third-order valence-corrected chi connectivity index (χ3v) is 3.28. The number of aromatic nitrogens is 2. The van der Waals surface area contributed by atoms with Crippen molar-refractivity contribution in [3.8, 4) is 0 Å². The summed E-state index contributed by atoms with van der Waals surface area (Å²) in [6.45, 7) is 9.07. The topological polar surface area (TPSA) is 92.9 Å². The molecule has 4 N–H and O–H groups in total. The molecule has 18 heavy (non-hydrogen) atoms. The molecule has 0 radical (unpaired) electrons. The number of nitrogens with two attached hydrogens (primary N) is 1. The monoisotopic (exact) mass is 251 g/mol. The maximum absolute atomic E-state index is 11.9. The number of hydrogen-bond donors (Lipinski definition) is 3. The Balaban J connectivity index is 2.66. The summed E-state index contributed by atoms with van der Waals surface area (Å²) in [6, 6.07) is 0. The summed E-state index contributed by atoms with van der Waals surface area (Å²) in [5, 5.41) is 2.86. The highest BCUT2D eigenvalue weighted by Gasteiger charge is 2.23. The van der Waals surface area contributed by atoms with Gasteiger partial charge in [-0.2, -0.15) is 0 Å². The van der Waals surface area contributed by atoms with E-state index in [1.807, 2.05) is 0 Å². The molecule has 1 aromatic heterocycles. The Morgan fingerprint density at radius 1 is 1.44 bits per heavy atom. The van der Waals surface area contributed by atoms with E-state index >= 15 is 0 Å². The normalized spacial score (nSPS) is 11.4. The van der Waals surface area contributed by atoms with E-state index in [-0.39, 0.29) is 17.0 Å². The number of nitrogens with one attached hydrogen (secondary N) is 2. The van der Waals surface area contributed by atoms with Crippen LogP contribution in [0.15, 0.2) is 12.4 Å². The van der Waals surface area contributed by atoms with E-state index < -0.39 is 0 Å². The first-order valence-electron chi connectivity index (χ1n) is 5.93. The lowest BCUT2D eigenvalue weighted by Crippen LogP contribution is -2.37. The van der Waals surface area contributed by atoms with E-state index in [1.54, 1.807) is 0 Å². The Hall–Kier alpha value is -1.69. The van der Waals surface area contributed by atoms with Gasteiger partial charge in [-0.25, -0.2) is 10.8 Å². The lowest BCUT2D eigenvalue weighted by Gasteiger charge is -2.29. The van der Waals surface area contributed by atoms with Crippen LogP contribution in [0.3, 0.4) is 0 Å². The predicted octanol–water partition coefficient (Wildman–Crippen LogP) is 1.17. The zero-order chi connectivity index (χ0) is 13.8. The van der Waals surface area contributed by atoms with Gasteiger partial charge in [-0.3, -0.25) is 9.78 Å². The Labute approximate surface area is 107 Å². The maximum Gasteiger partial charge on any atom is 0.271 e. The number of anilines is 1. The van der Waals surface area contributed by atoms with Gasteiger partial charge in [-0.15, -0.1) is 0 Å². The van der Waals surface area contributed by atoms with Crippen LogP contribution < -0.4 is 16.6 Å². The van der Waals surface area contributed by atoms with Crippen LogP contribution in [-0.2, 0) is 0 Å². The average Bonchev–Trinajstić information content (AvgIpc) is 2.36. The SMILES string of the molecule is CC(C)C(C)(C)CNC(=O)c1cncc(NN)n1. The van der Waals surface area contributed by atoms with Crippen LogP contribution in [0, 0.1) is 11.3 Å². The third kappa shape index (κ3) is 3.66. The molecule has 0 bridgehead atoms. The lowest BCUT2D eigenvalue weighted by molar-refractivity contribution is 0.0919. The van der Waals surface area contributed by atoms with Crippen molar-refractivity contribution in [3.63, 3.8) is 0 Å². The van der Waals surface area contributed by atoms with Gasteiger partial charge in [-0.1, -0.05) is 27.7 Å². The van der Waals surface area contributed by atoms with Crippen molar-refractivity contribution in [2.45, 2.75) is 27.7 Å². The number of nitrogen functional groups attached to an aromatic ring is 1. The summed E-state index contributed by atoms with van der Waals surface area (Å²) in [5.41, 5.74) is 2.65. The molecule has 0 aliphatic carbocycles. The molecular weight excluding hydrogens is 230 g/mol. The molecule has 0 aromatic carbocycles. The van der Waals surface area contributed by atoms with Crippen LogP contribution in [0.2, 0.25) is 0 Å². The van der Waals surface area contributed by atoms with Crippen LogP contribution in [0.5, 0.6) is 0 Å². The van der Waals surface area contributed by atoms with Crippen molar-refractivity contribution < 1.29 is 4.79 Å². The first-order chi connectivity index (χ1) is 8.36. The summed E-state index contributed by atoms with van der Waals surface area (Å²) < 4.78 is 0. The third-order valence-electron chi connectivity index (χ3n) is 3.28. The van der Waals surface area contributed by atoms with Crippen LogP contribution >= 0.6 is 0 Å². The summed E-state index contributed by atoms with van der Waals surface area (Å²) in [6.07, 6.45) is 2.87. The average molecular weight is 251 g/mol. The standard InChI is InChI=1S/C12H21N5O/c1-8(2)12(3,4)7-15-11(18)9-5-14-6-10(16-9)17-13/h5-6,8H,7,13H2,1-4H3,(H,15,18)(H,16,17). The minimum atomic E-state index is -0.242. The minimum absolute atomic E-state index is 0.0345. The first-order valence-corrected chi connectivity index (χ1v) is 5.93. The molecule has 0 saturated carbocycles. The predicted molar refractivity (Wildman–Crippen MR) is 70.8 cm³/mol. The summed E-state index contributed by atoms with van der Waals surface area (Å²) in [5.74, 6) is 5.81. The number of rotatable bonds is 5. The van der Waals surface area contributed by atoms with Crippen LogP contribution in [0.25, 0.3) is 0 Å². The number of carbonyl (C=O) groups excluding carboxylic acids is 1. The highest BCUT2D eigenvalue weighted by atomic mass is 16.1. The molecule has 100 valence electrons. The molecule has 0 atom stereocenters. The molecule has 6 heteroatoms. The molecule has 1 heterocycles. The van der Waals surface area contributed by atoms with Crippen LogP contribution in [0.4, 0.5) is 5.82 Å². The zero-order valence-corrected chi connectivity index (χ0v) is 11.3. The number of amides is 1. The van der Waals surface area contributed by atoms with E-state index in [1.165, 1.54) is 12.4 Å². The van der Waals surface area contributed by atoms with Gasteiger partial charge in [0.05, 0.1) is 12.4 Å². The van der Waals surface area contributed by atoms with E-state index in [9.17, 15) is 4.79 Å². The second-order valence-corrected chi connectivity index (χ2v) is 5.26. The van der Waals surface area contributed by atoms with Gasteiger partial charge < -0.3 is 10.7 Å². The van der Waals surface area contributed by atoms with Crippen molar-refractivity contribution in [2.75, 3.05) is 12.0 Å². The van der Waals surface area contributed by atoms with Gasteiger partial charge >= 0.3 is 0 Å². The second kappa shape index (κ2) is 5.77. The van der Waals surface area contributed by atoms with Crippen molar-refractivity contribution in [2.24, 2.45) is 17.2 Å². The summed E-state index contributed by atoms with van der Waals surface area (Å²) in [7, 11) is 0.